The Balaban J connectivity index is 0.00000306. The van der Waals surface area contributed by atoms with Crippen LogP contribution < -0.4 is 39.4 Å². The van der Waals surface area contributed by atoms with Gasteiger partial charge in [-0.1, -0.05) is 29.4 Å². The van der Waals surface area contributed by atoms with Crippen LogP contribution in [0.1, 0.15) is 21.6 Å². The smallest absolute Gasteiger partial charge is 0.543 e. The van der Waals surface area contributed by atoms with Crippen molar-refractivity contribution in [2.75, 3.05) is 7.11 Å². The van der Waals surface area contributed by atoms with Gasteiger partial charge in [0.1, 0.15) is 11.4 Å². The third kappa shape index (κ3) is 5.44. The first-order valence-electron chi connectivity index (χ1n) is 9.18. The molecule has 0 aliphatic carbocycles. The summed E-state index contributed by atoms with van der Waals surface area (Å²) in [6.45, 7) is 0.330. The minimum Gasteiger partial charge on any atom is -0.543 e. The minimum absolute atomic E-state index is 0. The third-order valence-electron chi connectivity index (χ3n) is 4.58. The molecule has 2 aromatic carbocycles. The Hall–Kier alpha value is -3.15. The predicted octanol–water partition coefficient (Wildman–Crippen LogP) is 0.0433. The van der Waals surface area contributed by atoms with Gasteiger partial charge >= 0.3 is 35.7 Å². The van der Waals surface area contributed by atoms with Crippen molar-refractivity contribution in [2.45, 2.75) is 12.7 Å². The summed E-state index contributed by atoms with van der Waals surface area (Å²) in [5.74, 6) is -1.52. The van der Waals surface area contributed by atoms with E-state index in [0.717, 1.165) is 18.7 Å². The van der Waals surface area contributed by atoms with E-state index >= 15 is 0 Å². The Morgan fingerprint density at radius 2 is 1.82 bits per heavy atom. The monoisotopic (exact) mass is 466 g/mol. The summed E-state index contributed by atoms with van der Waals surface area (Å²) in [7, 11) is 1.16. The molecule has 0 unspecified atom stereocenters. The molecular weight excluding hydrogens is 452 g/mol. The first-order chi connectivity index (χ1) is 15.2. The second-order valence-corrected chi connectivity index (χ2v) is 6.72. The summed E-state index contributed by atoms with van der Waals surface area (Å²) in [5, 5.41) is 18.5. The van der Waals surface area contributed by atoms with E-state index in [2.05, 4.69) is 15.2 Å². The van der Waals surface area contributed by atoms with Crippen LogP contribution in [0.4, 0.5) is 13.2 Å². The Bertz CT molecular complexity index is 1270. The fraction of sp³-hybridized carbons (Fsp3) is 0.143. The molecule has 0 saturated carbocycles. The number of carboxylic acids is 1. The molecule has 12 heteroatoms. The normalized spacial score (nSPS) is 11.2. The molecule has 0 amide bonds. The van der Waals surface area contributed by atoms with Crippen molar-refractivity contribution < 1.29 is 61.9 Å². The fourth-order valence-corrected chi connectivity index (χ4v) is 3.03. The average molecular weight is 466 g/mol. The molecule has 164 valence electrons. The van der Waals surface area contributed by atoms with E-state index in [1.807, 2.05) is 0 Å². The van der Waals surface area contributed by atoms with Gasteiger partial charge < -0.3 is 19.2 Å². The molecule has 0 fully saturated rings. The molecule has 0 spiro atoms. The maximum atomic E-state index is 13.3. The van der Waals surface area contributed by atoms with Gasteiger partial charge in [-0.2, -0.15) is 23.3 Å². The summed E-state index contributed by atoms with van der Waals surface area (Å²) in [4.78, 5) is 15.0. The number of ether oxygens (including phenoxy) is 1. The van der Waals surface area contributed by atoms with E-state index in [1.165, 1.54) is 29.1 Å². The molecule has 0 atom stereocenters. The van der Waals surface area contributed by atoms with Gasteiger partial charge in [-0.25, -0.2) is 0 Å². The van der Waals surface area contributed by atoms with Gasteiger partial charge in [0.25, 0.3) is 5.89 Å². The molecular formula is C21H14F3N4NaO4. The zero-order valence-corrected chi connectivity index (χ0v) is 19.5. The number of aromatic nitrogens is 4. The van der Waals surface area contributed by atoms with Crippen LogP contribution in [0.15, 0.2) is 59.3 Å². The number of carbonyl (C=O) groups excluding carboxylic acids is 1. The summed E-state index contributed by atoms with van der Waals surface area (Å²) >= 11 is 0. The number of aromatic carboxylic acids is 1. The largest absolute Gasteiger partial charge is 1.00 e. The van der Waals surface area contributed by atoms with Crippen LogP contribution in [0.5, 0.6) is 5.75 Å². The van der Waals surface area contributed by atoms with E-state index < -0.39 is 17.7 Å². The molecule has 0 aliphatic rings. The van der Waals surface area contributed by atoms with Gasteiger partial charge in [0, 0.05) is 17.3 Å². The maximum Gasteiger partial charge on any atom is 1.00 e. The van der Waals surface area contributed by atoms with Crippen molar-refractivity contribution in [3.63, 3.8) is 0 Å². The second-order valence-electron chi connectivity index (χ2n) is 6.72. The number of hydrogen-bond acceptors (Lipinski definition) is 7. The molecule has 0 N–H and O–H groups in total. The van der Waals surface area contributed by atoms with Crippen molar-refractivity contribution in [1.82, 2.24) is 19.9 Å². The van der Waals surface area contributed by atoms with Gasteiger partial charge in [0.2, 0.25) is 5.82 Å². The molecule has 0 saturated heterocycles. The summed E-state index contributed by atoms with van der Waals surface area (Å²) in [5.41, 5.74) is 0.422. The SMILES string of the molecule is COc1ccc(-c2nc(-c3ccc(Cn4ccc(C(=O)[O-])n4)cc3)no2)cc1C(F)(F)F.[Na+]. The quantitative estimate of drug-likeness (QED) is 0.370. The fourth-order valence-electron chi connectivity index (χ4n) is 3.03. The summed E-state index contributed by atoms with van der Waals surface area (Å²) in [6, 6.07) is 11.8. The number of hydrogen-bond donors (Lipinski definition) is 0. The van der Waals surface area contributed by atoms with Crippen molar-refractivity contribution in [1.29, 1.82) is 0 Å². The standard InChI is InChI=1S/C21H15F3N4O4.Na/c1-31-17-7-6-14(10-15(17)21(22,23)24)19-25-18(27-32-19)13-4-2-12(3-5-13)11-28-9-8-16(26-28)20(29)30;/h2-10H,11H2,1H3,(H,29,30);/q;+1/p-1. The van der Waals surface area contributed by atoms with Crippen molar-refractivity contribution >= 4 is 5.97 Å². The van der Waals surface area contributed by atoms with Crippen LogP contribution in [0, 0.1) is 0 Å². The number of carboxylic acid groups (broad SMARTS) is 1. The first-order valence-corrected chi connectivity index (χ1v) is 9.18. The Morgan fingerprint density at radius 3 is 2.42 bits per heavy atom. The Kier molecular flexibility index (Phi) is 7.25. The number of rotatable bonds is 6. The van der Waals surface area contributed by atoms with E-state index in [0.29, 0.717) is 12.1 Å². The zero-order valence-electron chi connectivity index (χ0n) is 17.5. The van der Waals surface area contributed by atoms with Gasteiger partial charge in [0.05, 0.1) is 25.2 Å². The molecule has 2 aromatic heterocycles. The van der Waals surface area contributed by atoms with Crippen LogP contribution >= 0.6 is 0 Å². The third-order valence-corrected chi connectivity index (χ3v) is 4.58. The van der Waals surface area contributed by atoms with Crippen LogP contribution in [0.3, 0.4) is 0 Å². The number of nitrogens with zero attached hydrogens (tertiary/aromatic N) is 4. The Morgan fingerprint density at radius 1 is 1.12 bits per heavy atom. The first kappa shape index (κ1) is 24.5. The molecule has 4 aromatic rings. The van der Waals surface area contributed by atoms with E-state index in [-0.39, 0.29) is 58.3 Å². The number of methoxy groups -OCH3 is 1. The van der Waals surface area contributed by atoms with E-state index in [4.69, 9.17) is 9.26 Å². The van der Waals surface area contributed by atoms with Gasteiger partial charge in [-0.3, -0.25) is 4.68 Å². The maximum absolute atomic E-state index is 13.3. The molecule has 0 radical (unpaired) electrons. The van der Waals surface area contributed by atoms with Crippen LogP contribution in [0.25, 0.3) is 22.8 Å². The zero-order chi connectivity index (χ0) is 22.9. The number of alkyl halides is 3. The van der Waals surface area contributed by atoms with Crippen LogP contribution in [-0.2, 0) is 12.7 Å². The second kappa shape index (κ2) is 9.77. The van der Waals surface area contributed by atoms with Gasteiger partial charge in [0.15, 0.2) is 0 Å². The molecule has 33 heavy (non-hydrogen) atoms. The topological polar surface area (TPSA) is 106 Å². The number of benzene rings is 2. The van der Waals surface area contributed by atoms with Crippen LogP contribution in [0.2, 0.25) is 0 Å². The van der Waals surface area contributed by atoms with E-state index in [9.17, 15) is 23.1 Å². The Labute approximate surface area is 207 Å². The molecule has 0 bridgehead atoms. The summed E-state index contributed by atoms with van der Waals surface area (Å²) < 4.78 is 51.1. The molecule has 2 heterocycles. The van der Waals surface area contributed by atoms with E-state index in [1.54, 1.807) is 24.3 Å². The molecule has 0 aliphatic heterocycles. The van der Waals surface area contributed by atoms with Crippen LogP contribution in [-0.4, -0.2) is 33.0 Å². The van der Waals surface area contributed by atoms with Crippen molar-refractivity contribution in [2.24, 2.45) is 0 Å². The summed E-state index contributed by atoms with van der Waals surface area (Å²) in [6.07, 6.45) is -3.08. The molecule has 8 nitrogen and oxygen atoms in total. The van der Waals surface area contributed by atoms with Crippen molar-refractivity contribution in [3.8, 4) is 28.6 Å². The van der Waals surface area contributed by atoms with Gasteiger partial charge in [-0.05, 0) is 29.8 Å². The number of carbonyl (C=O) groups is 1. The van der Waals surface area contributed by atoms with Gasteiger partial charge in [-0.15, -0.1) is 0 Å². The average Bonchev–Trinajstić information content (AvgIpc) is 3.43. The predicted molar refractivity (Wildman–Crippen MR) is 102 cm³/mol. The minimum atomic E-state index is -4.60. The molecule has 4 rings (SSSR count). The van der Waals surface area contributed by atoms with Crippen molar-refractivity contribution in [3.05, 3.63) is 71.5 Å². The number of halogens is 3.